The fraction of sp³-hybridized carbons (Fsp3) is 0.250. The number of thioether (sulfide) groups is 1. The maximum atomic E-state index is 11.8. The van der Waals surface area contributed by atoms with E-state index in [1.54, 1.807) is 24.3 Å². The zero-order valence-corrected chi connectivity index (χ0v) is 10.4. The fourth-order valence-corrected chi connectivity index (χ4v) is 2.10. The summed E-state index contributed by atoms with van der Waals surface area (Å²) in [6.45, 7) is 2.65. The molecule has 2 amide bonds. The molecule has 17 heavy (non-hydrogen) atoms. The first kappa shape index (κ1) is 13.4. The zero-order valence-electron chi connectivity index (χ0n) is 9.60. The van der Waals surface area contributed by atoms with Crippen LogP contribution >= 0.6 is 11.8 Å². The minimum atomic E-state index is -0.683. The van der Waals surface area contributed by atoms with Crippen molar-refractivity contribution in [3.8, 4) is 0 Å². The Labute approximate surface area is 104 Å². The van der Waals surface area contributed by atoms with Crippen molar-refractivity contribution in [3.05, 3.63) is 35.9 Å². The molecule has 0 fully saturated rings. The van der Waals surface area contributed by atoms with Crippen molar-refractivity contribution in [2.75, 3.05) is 0 Å². The molecule has 0 saturated carbocycles. The van der Waals surface area contributed by atoms with Gasteiger partial charge in [-0.25, -0.2) is 0 Å². The molecular formula is C12H13NO3S. The van der Waals surface area contributed by atoms with Gasteiger partial charge in [0.25, 0.3) is 0 Å². The molecule has 1 N–H and O–H groups in total. The van der Waals surface area contributed by atoms with Crippen LogP contribution in [0.1, 0.15) is 24.7 Å². The Morgan fingerprint density at radius 2 is 1.71 bits per heavy atom. The van der Waals surface area contributed by atoms with Crippen LogP contribution in [0.2, 0.25) is 0 Å². The van der Waals surface area contributed by atoms with Gasteiger partial charge in [0.05, 0.1) is 0 Å². The highest BCUT2D eigenvalue weighted by Gasteiger charge is 2.23. The van der Waals surface area contributed by atoms with Crippen LogP contribution in [0, 0.1) is 0 Å². The van der Waals surface area contributed by atoms with Crippen molar-refractivity contribution in [3.63, 3.8) is 0 Å². The third-order valence-electron chi connectivity index (χ3n) is 1.92. The van der Waals surface area contributed by atoms with E-state index in [9.17, 15) is 14.4 Å². The molecule has 90 valence electrons. The average Bonchev–Trinajstić information content (AvgIpc) is 2.25. The Morgan fingerprint density at radius 3 is 2.18 bits per heavy atom. The Kier molecular flexibility index (Phi) is 4.90. The summed E-state index contributed by atoms with van der Waals surface area (Å²) in [6, 6.07) is 8.89. The molecule has 1 aromatic rings. The Bertz CT molecular complexity index is 431. The average molecular weight is 251 g/mol. The second-order valence-electron chi connectivity index (χ2n) is 3.45. The van der Waals surface area contributed by atoms with Gasteiger partial charge < -0.3 is 0 Å². The van der Waals surface area contributed by atoms with E-state index in [0.29, 0.717) is 5.56 Å². The molecule has 0 bridgehead atoms. The topological polar surface area (TPSA) is 63.2 Å². The van der Waals surface area contributed by atoms with Crippen LogP contribution in [-0.2, 0) is 14.4 Å². The molecule has 0 aliphatic carbocycles. The van der Waals surface area contributed by atoms with Gasteiger partial charge in [-0.1, -0.05) is 42.1 Å². The first-order valence-electron chi connectivity index (χ1n) is 5.04. The third-order valence-corrected chi connectivity index (χ3v) is 2.98. The summed E-state index contributed by atoms with van der Waals surface area (Å²) in [5, 5.41) is 1.34. The minimum Gasteiger partial charge on any atom is -0.295 e. The monoisotopic (exact) mass is 251 g/mol. The standard InChI is InChI=1S/C12H13NO3S/c1-8(14)13-12(16)11(17-9(2)15)10-6-4-3-5-7-10/h3-7,11H,1-2H3,(H,13,14,16). The number of benzene rings is 1. The normalized spacial score (nSPS) is 11.6. The van der Waals surface area contributed by atoms with Gasteiger partial charge in [-0.15, -0.1) is 0 Å². The van der Waals surface area contributed by atoms with Crippen LogP contribution < -0.4 is 5.32 Å². The molecule has 1 unspecified atom stereocenters. The predicted molar refractivity (Wildman–Crippen MR) is 66.3 cm³/mol. The quantitative estimate of drug-likeness (QED) is 0.887. The van der Waals surface area contributed by atoms with E-state index in [1.807, 2.05) is 6.07 Å². The third kappa shape index (κ3) is 4.40. The molecule has 1 rings (SSSR count). The second-order valence-corrected chi connectivity index (χ2v) is 4.73. The molecule has 0 aliphatic heterocycles. The van der Waals surface area contributed by atoms with Crippen LogP contribution in [0.5, 0.6) is 0 Å². The molecule has 0 aromatic heterocycles. The van der Waals surface area contributed by atoms with E-state index in [2.05, 4.69) is 5.32 Å². The van der Waals surface area contributed by atoms with E-state index in [1.165, 1.54) is 13.8 Å². The summed E-state index contributed by atoms with van der Waals surface area (Å²) in [7, 11) is 0. The van der Waals surface area contributed by atoms with Crippen molar-refractivity contribution < 1.29 is 14.4 Å². The molecular weight excluding hydrogens is 238 g/mol. The van der Waals surface area contributed by atoms with Crippen LogP contribution in [0.25, 0.3) is 0 Å². The van der Waals surface area contributed by atoms with Gasteiger partial charge in [-0.05, 0) is 5.56 Å². The number of nitrogens with one attached hydrogen (secondary N) is 1. The summed E-state index contributed by atoms with van der Waals surface area (Å²) in [6.07, 6.45) is 0. The summed E-state index contributed by atoms with van der Waals surface area (Å²) < 4.78 is 0. The Morgan fingerprint density at radius 1 is 1.12 bits per heavy atom. The maximum Gasteiger partial charge on any atom is 0.244 e. The number of hydrogen-bond acceptors (Lipinski definition) is 4. The molecule has 1 atom stereocenters. The lowest BCUT2D eigenvalue weighted by atomic mass is 10.1. The minimum absolute atomic E-state index is 0.169. The smallest absolute Gasteiger partial charge is 0.244 e. The van der Waals surface area contributed by atoms with Gasteiger partial charge in [-0.2, -0.15) is 0 Å². The highest BCUT2D eigenvalue weighted by Crippen LogP contribution is 2.29. The fourth-order valence-electron chi connectivity index (χ4n) is 1.31. The van der Waals surface area contributed by atoms with Gasteiger partial charge >= 0.3 is 0 Å². The Balaban J connectivity index is 2.92. The van der Waals surface area contributed by atoms with Crippen molar-refractivity contribution in [1.82, 2.24) is 5.32 Å². The highest BCUT2D eigenvalue weighted by atomic mass is 32.2. The first-order valence-corrected chi connectivity index (χ1v) is 5.92. The molecule has 0 spiro atoms. The van der Waals surface area contributed by atoms with Crippen molar-refractivity contribution in [2.24, 2.45) is 0 Å². The lowest BCUT2D eigenvalue weighted by molar-refractivity contribution is -0.129. The first-order chi connectivity index (χ1) is 8.00. The maximum absolute atomic E-state index is 11.8. The largest absolute Gasteiger partial charge is 0.295 e. The number of hydrogen-bond donors (Lipinski definition) is 1. The molecule has 5 heteroatoms. The van der Waals surface area contributed by atoms with E-state index < -0.39 is 17.1 Å². The Hall–Kier alpha value is -1.62. The van der Waals surface area contributed by atoms with Gasteiger partial charge in [-0.3, -0.25) is 19.7 Å². The second kappa shape index (κ2) is 6.20. The zero-order chi connectivity index (χ0) is 12.8. The van der Waals surface area contributed by atoms with Crippen molar-refractivity contribution >= 4 is 28.7 Å². The van der Waals surface area contributed by atoms with E-state index in [4.69, 9.17) is 0 Å². The van der Waals surface area contributed by atoms with Crippen LogP contribution in [-0.4, -0.2) is 16.9 Å². The van der Waals surface area contributed by atoms with E-state index in [0.717, 1.165) is 11.8 Å². The number of imide groups is 1. The number of carbonyl (C=O) groups is 3. The summed E-state index contributed by atoms with van der Waals surface area (Å²) >= 11 is 0.900. The molecule has 0 radical (unpaired) electrons. The summed E-state index contributed by atoms with van der Waals surface area (Å²) in [5.74, 6) is -0.899. The van der Waals surface area contributed by atoms with Crippen LogP contribution in [0.4, 0.5) is 0 Å². The van der Waals surface area contributed by atoms with Gasteiger partial charge in [0.2, 0.25) is 11.8 Å². The molecule has 4 nitrogen and oxygen atoms in total. The predicted octanol–water partition coefficient (Wildman–Crippen LogP) is 1.67. The number of amides is 2. The van der Waals surface area contributed by atoms with Crippen LogP contribution in [0.15, 0.2) is 30.3 Å². The van der Waals surface area contributed by atoms with Crippen molar-refractivity contribution in [2.45, 2.75) is 19.1 Å². The van der Waals surface area contributed by atoms with Gasteiger partial charge in [0, 0.05) is 13.8 Å². The van der Waals surface area contributed by atoms with Crippen LogP contribution in [0.3, 0.4) is 0 Å². The van der Waals surface area contributed by atoms with Crippen molar-refractivity contribution in [1.29, 1.82) is 0 Å². The molecule has 0 aliphatic rings. The lowest BCUT2D eigenvalue weighted by Crippen LogP contribution is -2.32. The summed E-state index contributed by atoms with van der Waals surface area (Å²) in [5.41, 5.74) is 0.700. The highest BCUT2D eigenvalue weighted by molar-refractivity contribution is 8.14. The lowest BCUT2D eigenvalue weighted by Gasteiger charge is -2.13. The van der Waals surface area contributed by atoms with Gasteiger partial charge in [0.1, 0.15) is 5.25 Å². The van der Waals surface area contributed by atoms with Gasteiger partial charge in [0.15, 0.2) is 5.12 Å². The SMILES string of the molecule is CC(=O)NC(=O)C(SC(C)=O)c1ccccc1. The van der Waals surface area contributed by atoms with E-state index in [-0.39, 0.29) is 5.12 Å². The molecule has 0 heterocycles. The molecule has 0 saturated heterocycles. The number of carbonyl (C=O) groups excluding carboxylic acids is 3. The summed E-state index contributed by atoms with van der Waals surface area (Å²) in [4.78, 5) is 33.7. The molecule has 1 aromatic carbocycles. The van der Waals surface area contributed by atoms with E-state index >= 15 is 0 Å². The number of rotatable bonds is 3.